The van der Waals surface area contributed by atoms with Crippen LogP contribution in [0.2, 0.25) is 0 Å². The number of ether oxygens (including phenoxy) is 1. The summed E-state index contributed by atoms with van der Waals surface area (Å²) in [6.45, 7) is -1.57. The van der Waals surface area contributed by atoms with Crippen LogP contribution in [-0.2, 0) is 25.3 Å². The molecule has 3 aromatic rings. The van der Waals surface area contributed by atoms with E-state index in [4.69, 9.17) is 15.6 Å². The average Bonchev–Trinajstić information content (AvgIpc) is 3.38. The zero-order valence-corrected chi connectivity index (χ0v) is 18.5. The highest BCUT2D eigenvalue weighted by atomic mass is 32.2. The van der Waals surface area contributed by atoms with Gasteiger partial charge in [0.25, 0.3) is 0 Å². The summed E-state index contributed by atoms with van der Waals surface area (Å²) in [6.07, 6.45) is -2.73. The molecule has 0 spiro atoms. The van der Waals surface area contributed by atoms with Gasteiger partial charge in [0.15, 0.2) is 11.5 Å². The molecule has 0 amide bonds. The van der Waals surface area contributed by atoms with Gasteiger partial charge >= 0.3 is 5.97 Å². The number of aliphatic hydroxyl groups is 3. The van der Waals surface area contributed by atoms with Crippen molar-refractivity contribution in [3.8, 4) is 0 Å². The Bertz CT molecular complexity index is 1390. The van der Waals surface area contributed by atoms with E-state index in [-0.39, 0.29) is 27.4 Å². The Balaban J connectivity index is 1.80. The Kier molecular flexibility index (Phi) is 6.26. The summed E-state index contributed by atoms with van der Waals surface area (Å²) in [6, 6.07) is 4.35. The smallest absolute Gasteiger partial charge is 0.318 e. The minimum absolute atomic E-state index is 0.00671. The summed E-state index contributed by atoms with van der Waals surface area (Å²) < 4.78 is 33.2. The van der Waals surface area contributed by atoms with Crippen molar-refractivity contribution in [1.82, 2.24) is 24.2 Å². The van der Waals surface area contributed by atoms with E-state index in [9.17, 15) is 33.3 Å². The molecule has 1 saturated heterocycles. The van der Waals surface area contributed by atoms with Gasteiger partial charge < -0.3 is 30.9 Å². The highest BCUT2D eigenvalue weighted by molar-refractivity contribution is 7.89. The third-order valence-corrected chi connectivity index (χ3v) is 6.92. The standard InChI is InChI=1S/C19H20N6O9S/c20-17-13-18(22-7-21-17)25(8-23-13)19(16(31)14(29)11(6-26)34-19)15(30)9-1-3-10(4-2-9)35(32,33)24-5-12(27)28/h1-4,7-8,11,14,16,24,26,29,31H,5-6H2,(H,27,28)(H2,20,21,22)/t11-,14-,16-,19-/m1/s1. The molecule has 1 fully saturated rings. The molecule has 16 heteroatoms. The number of nitrogens with one attached hydrogen (secondary N) is 1. The number of imidazole rings is 1. The van der Waals surface area contributed by atoms with Crippen LogP contribution in [0.25, 0.3) is 11.2 Å². The highest BCUT2D eigenvalue weighted by Gasteiger charge is 2.61. The Hall–Kier alpha value is -3.54. The fourth-order valence-electron chi connectivity index (χ4n) is 3.78. The van der Waals surface area contributed by atoms with Crippen molar-refractivity contribution in [1.29, 1.82) is 0 Å². The molecule has 1 aliphatic heterocycles. The molecule has 186 valence electrons. The van der Waals surface area contributed by atoms with E-state index < -0.39 is 59.0 Å². The van der Waals surface area contributed by atoms with Crippen LogP contribution in [0.1, 0.15) is 10.4 Å². The predicted octanol–water partition coefficient (Wildman–Crippen LogP) is -2.58. The summed E-state index contributed by atoms with van der Waals surface area (Å²) in [5, 5.41) is 39.7. The number of hydrogen-bond donors (Lipinski definition) is 6. The molecule has 0 radical (unpaired) electrons. The maximum absolute atomic E-state index is 13.7. The monoisotopic (exact) mass is 508 g/mol. The van der Waals surface area contributed by atoms with Crippen LogP contribution in [0.15, 0.2) is 41.8 Å². The zero-order chi connectivity index (χ0) is 25.5. The van der Waals surface area contributed by atoms with E-state index in [2.05, 4.69) is 15.0 Å². The lowest BCUT2D eigenvalue weighted by molar-refractivity contribution is -0.135. The Morgan fingerprint density at radius 3 is 2.46 bits per heavy atom. The number of carboxylic acid groups (broad SMARTS) is 1. The first-order valence-corrected chi connectivity index (χ1v) is 11.5. The Morgan fingerprint density at radius 1 is 1.17 bits per heavy atom. The maximum Gasteiger partial charge on any atom is 0.318 e. The van der Waals surface area contributed by atoms with Crippen LogP contribution in [-0.4, -0.2) is 91.6 Å². The van der Waals surface area contributed by atoms with Gasteiger partial charge in [-0.2, -0.15) is 4.72 Å². The lowest BCUT2D eigenvalue weighted by atomic mass is 9.93. The molecule has 1 aliphatic rings. The van der Waals surface area contributed by atoms with Gasteiger partial charge in [-0.1, -0.05) is 0 Å². The predicted molar refractivity (Wildman–Crippen MR) is 115 cm³/mol. The summed E-state index contributed by atoms with van der Waals surface area (Å²) >= 11 is 0. The highest BCUT2D eigenvalue weighted by Crippen LogP contribution is 2.40. The van der Waals surface area contributed by atoms with Gasteiger partial charge in [0, 0.05) is 5.56 Å². The number of fused-ring (bicyclic) bond motifs is 1. The van der Waals surface area contributed by atoms with Crippen molar-refractivity contribution in [3.63, 3.8) is 0 Å². The summed E-state index contributed by atoms with van der Waals surface area (Å²) in [7, 11) is -4.18. The van der Waals surface area contributed by atoms with Gasteiger partial charge in [0.1, 0.15) is 43.0 Å². The minimum atomic E-state index is -4.18. The number of carboxylic acids is 1. The minimum Gasteiger partial charge on any atom is -0.480 e. The Labute approximate surface area is 196 Å². The average molecular weight is 508 g/mol. The number of nitrogens with zero attached hydrogens (tertiary/aromatic N) is 4. The molecule has 0 bridgehead atoms. The Morgan fingerprint density at radius 2 is 1.86 bits per heavy atom. The number of carbonyl (C=O) groups excluding carboxylic acids is 1. The van der Waals surface area contributed by atoms with E-state index in [1.807, 2.05) is 4.72 Å². The van der Waals surface area contributed by atoms with Crippen molar-refractivity contribution < 1.29 is 43.2 Å². The molecular formula is C19H20N6O9S. The number of Topliss-reactive ketones (excluding diaryl/α,β-unsaturated/α-hetero) is 1. The molecule has 7 N–H and O–H groups in total. The van der Waals surface area contributed by atoms with Crippen molar-refractivity contribution in [3.05, 3.63) is 42.5 Å². The molecule has 2 aromatic heterocycles. The fraction of sp³-hybridized carbons (Fsp3) is 0.316. The summed E-state index contributed by atoms with van der Waals surface area (Å²) in [4.78, 5) is 36.0. The zero-order valence-electron chi connectivity index (χ0n) is 17.7. The van der Waals surface area contributed by atoms with Crippen molar-refractivity contribution >= 4 is 38.8 Å². The second kappa shape index (κ2) is 8.91. The third-order valence-electron chi connectivity index (χ3n) is 5.50. The van der Waals surface area contributed by atoms with Gasteiger partial charge in [0.2, 0.25) is 21.5 Å². The number of aliphatic hydroxyl groups excluding tert-OH is 3. The lowest BCUT2D eigenvalue weighted by Gasteiger charge is -2.32. The van der Waals surface area contributed by atoms with Crippen LogP contribution in [0, 0.1) is 0 Å². The maximum atomic E-state index is 13.7. The number of nitrogens with two attached hydrogens (primary N) is 1. The van der Waals surface area contributed by atoms with Crippen molar-refractivity contribution in [2.75, 3.05) is 18.9 Å². The SMILES string of the molecule is Nc1ncnc2c1ncn2[C@]1(C(=O)c2ccc(S(=O)(=O)NCC(=O)O)cc2)O[C@H](CO)[C@@H](O)[C@H]1O. The van der Waals surface area contributed by atoms with Gasteiger partial charge in [-0.25, -0.2) is 23.4 Å². The molecular weight excluding hydrogens is 488 g/mol. The van der Waals surface area contributed by atoms with Crippen LogP contribution in [0.5, 0.6) is 0 Å². The summed E-state index contributed by atoms with van der Waals surface area (Å²) in [5.74, 6) is -2.32. The second-order valence-electron chi connectivity index (χ2n) is 7.59. The molecule has 15 nitrogen and oxygen atoms in total. The summed E-state index contributed by atoms with van der Waals surface area (Å²) in [5.41, 5.74) is 3.39. The van der Waals surface area contributed by atoms with Gasteiger partial charge in [-0.3, -0.25) is 14.2 Å². The molecule has 1 aromatic carbocycles. The van der Waals surface area contributed by atoms with Crippen LogP contribution in [0.3, 0.4) is 0 Å². The molecule has 3 heterocycles. The topological polar surface area (TPSA) is 240 Å². The van der Waals surface area contributed by atoms with Crippen molar-refractivity contribution in [2.45, 2.75) is 28.9 Å². The largest absolute Gasteiger partial charge is 0.480 e. The molecule has 0 unspecified atom stereocenters. The molecule has 0 saturated carbocycles. The van der Waals surface area contributed by atoms with Crippen molar-refractivity contribution in [2.24, 2.45) is 0 Å². The van der Waals surface area contributed by atoms with E-state index in [1.165, 1.54) is 0 Å². The van der Waals surface area contributed by atoms with E-state index in [1.54, 1.807) is 0 Å². The quantitative estimate of drug-likeness (QED) is 0.172. The number of rotatable bonds is 8. The number of sulfonamides is 1. The number of benzene rings is 1. The fourth-order valence-corrected chi connectivity index (χ4v) is 4.75. The number of hydrogen-bond acceptors (Lipinski definition) is 12. The first-order chi connectivity index (χ1) is 16.5. The van der Waals surface area contributed by atoms with E-state index in [0.29, 0.717) is 0 Å². The lowest BCUT2D eigenvalue weighted by Crippen LogP contribution is -2.51. The number of nitrogen functional groups attached to an aromatic ring is 1. The normalized spacial score (nSPS) is 24.6. The first kappa shape index (κ1) is 24.6. The molecule has 4 atom stereocenters. The van der Waals surface area contributed by atoms with Gasteiger partial charge in [-0.05, 0) is 24.3 Å². The molecule has 35 heavy (non-hydrogen) atoms. The number of aromatic nitrogens is 4. The van der Waals surface area contributed by atoms with Crippen LogP contribution < -0.4 is 10.5 Å². The number of carbonyl (C=O) groups is 2. The first-order valence-electron chi connectivity index (χ1n) is 9.98. The van der Waals surface area contributed by atoms with Crippen LogP contribution >= 0.6 is 0 Å². The van der Waals surface area contributed by atoms with Gasteiger partial charge in [0.05, 0.1) is 11.5 Å². The van der Waals surface area contributed by atoms with E-state index in [0.717, 1.165) is 41.5 Å². The van der Waals surface area contributed by atoms with Crippen LogP contribution in [0.4, 0.5) is 5.82 Å². The number of ketones is 1. The molecule has 0 aliphatic carbocycles. The third kappa shape index (κ3) is 4.01. The van der Waals surface area contributed by atoms with Gasteiger partial charge in [-0.15, -0.1) is 0 Å². The van der Waals surface area contributed by atoms with E-state index >= 15 is 0 Å². The second-order valence-corrected chi connectivity index (χ2v) is 9.36. The number of anilines is 1. The molecule has 4 rings (SSSR count). The number of aliphatic carboxylic acids is 1.